The Kier molecular flexibility index (Phi) is 5.82. The molecule has 1 heterocycles. The van der Waals surface area contributed by atoms with Crippen LogP contribution in [0.2, 0.25) is 0 Å². The highest BCUT2D eigenvalue weighted by Gasteiger charge is 2.43. The van der Waals surface area contributed by atoms with Crippen LogP contribution in [0.1, 0.15) is 13.3 Å². The molecule has 0 aliphatic carbocycles. The Hall–Kier alpha value is -0.820. The summed E-state index contributed by atoms with van der Waals surface area (Å²) in [4.78, 5) is 0. The number of oxime groups is 1. The molecule has 0 radical (unpaired) electrons. The minimum atomic E-state index is -4.73. The first-order chi connectivity index (χ1) is 9.15. The molecule has 10 nitrogen and oxygen atoms in total. The van der Waals surface area contributed by atoms with Crippen LogP contribution >= 0.6 is 0 Å². The minimum absolute atomic E-state index is 0.0481. The van der Waals surface area contributed by atoms with Crippen LogP contribution in [0.25, 0.3) is 0 Å². The Morgan fingerprint density at radius 1 is 1.20 bits per heavy atom. The predicted molar refractivity (Wildman–Crippen MR) is 64.1 cm³/mol. The molecule has 0 unspecified atom stereocenters. The molecule has 0 spiro atoms. The second-order valence-corrected chi connectivity index (χ2v) is 5.40. The lowest BCUT2D eigenvalue weighted by molar-refractivity contribution is -0.227. The van der Waals surface area contributed by atoms with Gasteiger partial charge in [-0.05, 0) is 6.92 Å². The normalized spacial score (nSPS) is 35.9. The highest BCUT2D eigenvalue weighted by molar-refractivity contribution is 7.80. The van der Waals surface area contributed by atoms with Crippen LogP contribution in [0.4, 0.5) is 0 Å². The first-order valence-electron chi connectivity index (χ1n) is 5.65. The summed E-state index contributed by atoms with van der Waals surface area (Å²) in [6.07, 6.45) is -6.69. The summed E-state index contributed by atoms with van der Waals surface area (Å²) in [5, 5.41) is 40.9. The van der Waals surface area contributed by atoms with Crippen molar-refractivity contribution in [3.05, 3.63) is 0 Å². The molecular formula is C9H17NO9S. The third-order valence-corrected chi connectivity index (χ3v) is 3.04. The topological polar surface area (TPSA) is 166 Å². The highest BCUT2D eigenvalue weighted by atomic mass is 32.3. The van der Waals surface area contributed by atoms with Gasteiger partial charge in [0.25, 0.3) is 0 Å². The molecule has 1 saturated heterocycles. The summed E-state index contributed by atoms with van der Waals surface area (Å²) in [5.41, 5.74) is 0.0481. The number of aliphatic hydroxyl groups is 4. The molecule has 1 rings (SSSR count). The van der Waals surface area contributed by atoms with Crippen LogP contribution in [0.15, 0.2) is 5.16 Å². The SMILES string of the molecule is C/C(C[C@@H]1O[C@H](CO)[C@@H](O)[C@H](O)[C@H]1O)=N\OS(=O)(=O)O. The van der Waals surface area contributed by atoms with E-state index in [0.717, 1.165) is 0 Å². The maximum absolute atomic E-state index is 10.3. The average Bonchev–Trinajstić information content (AvgIpc) is 2.36. The van der Waals surface area contributed by atoms with E-state index in [0.29, 0.717) is 0 Å². The predicted octanol–water partition coefficient (Wildman–Crippen LogP) is -2.59. The van der Waals surface area contributed by atoms with Gasteiger partial charge < -0.3 is 25.2 Å². The van der Waals surface area contributed by atoms with Crippen molar-refractivity contribution in [2.75, 3.05) is 6.61 Å². The van der Waals surface area contributed by atoms with Gasteiger partial charge in [0.1, 0.15) is 24.4 Å². The lowest BCUT2D eigenvalue weighted by atomic mass is 9.93. The zero-order chi connectivity index (χ0) is 15.5. The highest BCUT2D eigenvalue weighted by Crippen LogP contribution is 2.23. The zero-order valence-electron chi connectivity index (χ0n) is 10.5. The van der Waals surface area contributed by atoms with E-state index in [-0.39, 0.29) is 12.1 Å². The van der Waals surface area contributed by atoms with Gasteiger partial charge in [0.15, 0.2) is 0 Å². The summed E-state index contributed by atoms with van der Waals surface area (Å²) < 4.78 is 37.9. The summed E-state index contributed by atoms with van der Waals surface area (Å²) in [7, 11) is -4.73. The summed E-state index contributed by atoms with van der Waals surface area (Å²) in [6.45, 7) is 0.770. The first-order valence-corrected chi connectivity index (χ1v) is 7.02. The largest absolute Gasteiger partial charge is 0.466 e. The summed E-state index contributed by atoms with van der Waals surface area (Å²) in [6, 6.07) is 0. The van der Waals surface area contributed by atoms with Crippen molar-refractivity contribution >= 4 is 16.1 Å². The third-order valence-electron chi connectivity index (χ3n) is 2.78. The molecule has 5 N–H and O–H groups in total. The summed E-state index contributed by atoms with van der Waals surface area (Å²) >= 11 is 0. The molecule has 0 saturated carbocycles. The second kappa shape index (κ2) is 6.76. The zero-order valence-corrected chi connectivity index (χ0v) is 11.3. The quantitative estimate of drug-likeness (QED) is 0.208. The minimum Gasteiger partial charge on any atom is -0.394 e. The number of aliphatic hydroxyl groups excluding tert-OH is 4. The van der Waals surface area contributed by atoms with Gasteiger partial charge in [0, 0.05) is 6.42 Å². The van der Waals surface area contributed by atoms with Crippen molar-refractivity contribution in [1.82, 2.24) is 0 Å². The molecule has 11 heteroatoms. The van der Waals surface area contributed by atoms with E-state index in [9.17, 15) is 23.7 Å². The number of hydrogen-bond donors (Lipinski definition) is 5. The molecular weight excluding hydrogens is 298 g/mol. The Bertz CT molecular complexity index is 448. The molecule has 5 atom stereocenters. The maximum atomic E-state index is 10.3. The Labute approximate surface area is 115 Å². The fourth-order valence-corrected chi connectivity index (χ4v) is 2.01. The van der Waals surface area contributed by atoms with Crippen molar-refractivity contribution in [3.8, 4) is 0 Å². The molecule has 0 bridgehead atoms. The Morgan fingerprint density at radius 3 is 2.25 bits per heavy atom. The standard InChI is InChI=1S/C9H17NO9S/c1-4(10-19-20(15,16)17)2-5-7(12)9(14)8(13)6(3-11)18-5/h5-9,11-14H,2-3H2,1H3,(H,15,16,17)/b10-4+/t5-,6+,7-,8+,9+/m0/s1. The van der Waals surface area contributed by atoms with E-state index >= 15 is 0 Å². The van der Waals surface area contributed by atoms with Crippen LogP contribution in [0.5, 0.6) is 0 Å². The second-order valence-electron chi connectivity index (χ2n) is 4.40. The molecule has 20 heavy (non-hydrogen) atoms. The van der Waals surface area contributed by atoms with E-state index in [1.165, 1.54) is 6.92 Å². The third kappa shape index (κ3) is 4.63. The first kappa shape index (κ1) is 17.2. The molecule has 1 aliphatic rings. The monoisotopic (exact) mass is 315 g/mol. The van der Waals surface area contributed by atoms with Gasteiger partial charge in [-0.3, -0.25) is 4.55 Å². The van der Waals surface area contributed by atoms with Crippen LogP contribution in [0, 0.1) is 0 Å². The van der Waals surface area contributed by atoms with Gasteiger partial charge in [-0.2, -0.15) is 8.42 Å². The van der Waals surface area contributed by atoms with Gasteiger partial charge in [-0.15, -0.1) is 0 Å². The maximum Gasteiger partial charge on any atom is 0.466 e. The fourth-order valence-electron chi connectivity index (χ4n) is 1.79. The number of ether oxygens (including phenoxy) is 1. The van der Waals surface area contributed by atoms with Crippen molar-refractivity contribution in [2.45, 2.75) is 43.9 Å². The number of rotatable bonds is 5. The number of nitrogens with zero attached hydrogens (tertiary/aromatic N) is 1. The van der Waals surface area contributed by atoms with Gasteiger partial charge in [0.2, 0.25) is 0 Å². The number of hydrogen-bond acceptors (Lipinski definition) is 9. The molecule has 118 valence electrons. The lowest BCUT2D eigenvalue weighted by Crippen LogP contribution is -2.58. The molecule has 0 aromatic heterocycles. The van der Waals surface area contributed by atoms with Crippen molar-refractivity contribution in [1.29, 1.82) is 0 Å². The van der Waals surface area contributed by atoms with E-state index < -0.39 is 47.5 Å². The van der Waals surface area contributed by atoms with E-state index in [4.69, 9.17) is 14.4 Å². The molecule has 1 fully saturated rings. The van der Waals surface area contributed by atoms with E-state index in [1.54, 1.807) is 0 Å². The fraction of sp³-hybridized carbons (Fsp3) is 0.889. The van der Waals surface area contributed by atoms with E-state index in [2.05, 4.69) is 9.44 Å². The Balaban J connectivity index is 2.71. The average molecular weight is 315 g/mol. The van der Waals surface area contributed by atoms with E-state index in [1.807, 2.05) is 0 Å². The Morgan fingerprint density at radius 2 is 1.75 bits per heavy atom. The van der Waals surface area contributed by atoms with Gasteiger partial charge in [-0.1, -0.05) is 5.16 Å². The van der Waals surface area contributed by atoms with Crippen LogP contribution in [0.3, 0.4) is 0 Å². The van der Waals surface area contributed by atoms with Crippen molar-refractivity contribution < 1.29 is 42.4 Å². The molecule has 1 aliphatic heterocycles. The molecule has 0 amide bonds. The van der Waals surface area contributed by atoms with Crippen LogP contribution in [-0.2, 0) is 19.4 Å². The smallest absolute Gasteiger partial charge is 0.394 e. The van der Waals surface area contributed by atoms with Crippen molar-refractivity contribution in [3.63, 3.8) is 0 Å². The molecule has 0 aromatic rings. The lowest BCUT2D eigenvalue weighted by Gasteiger charge is -2.40. The van der Waals surface area contributed by atoms with Gasteiger partial charge in [-0.25, -0.2) is 4.28 Å². The molecule has 0 aromatic carbocycles. The summed E-state index contributed by atoms with van der Waals surface area (Å²) in [5.74, 6) is 0. The van der Waals surface area contributed by atoms with Crippen LogP contribution in [-0.4, -0.2) is 76.2 Å². The van der Waals surface area contributed by atoms with Gasteiger partial charge >= 0.3 is 10.4 Å². The van der Waals surface area contributed by atoms with Crippen LogP contribution < -0.4 is 0 Å². The van der Waals surface area contributed by atoms with Gasteiger partial charge in [0.05, 0.1) is 18.4 Å². The van der Waals surface area contributed by atoms with Crippen molar-refractivity contribution in [2.24, 2.45) is 5.16 Å².